The van der Waals surface area contributed by atoms with Crippen LogP contribution >= 0.6 is 0 Å². The van der Waals surface area contributed by atoms with Gasteiger partial charge in [0, 0.05) is 25.6 Å². The number of esters is 1. The standard InChI is InChI=1S/C24H26N2O6/c1-15(27)32-18-10-8-16(9-11-18)21-20(22(28)17-6-5-7-19(14-17)31-4)23(29)24(30)26(21)13-12-25(2)3/h5-11,14,21,28H,12-13H2,1-4H3/b22-20-. The molecule has 1 aliphatic heterocycles. The molecule has 1 fully saturated rings. The average molecular weight is 438 g/mol. The number of aliphatic hydroxyl groups is 1. The van der Waals surface area contributed by atoms with Crippen molar-refractivity contribution in [3.05, 3.63) is 65.2 Å². The van der Waals surface area contributed by atoms with Crippen LogP contribution < -0.4 is 9.47 Å². The molecule has 0 saturated carbocycles. The predicted molar refractivity (Wildman–Crippen MR) is 118 cm³/mol. The van der Waals surface area contributed by atoms with Crippen molar-refractivity contribution in [2.24, 2.45) is 0 Å². The van der Waals surface area contributed by atoms with Crippen molar-refractivity contribution in [2.45, 2.75) is 13.0 Å². The van der Waals surface area contributed by atoms with Crippen molar-refractivity contribution in [2.75, 3.05) is 34.3 Å². The van der Waals surface area contributed by atoms with Gasteiger partial charge < -0.3 is 24.4 Å². The van der Waals surface area contributed by atoms with Crippen molar-refractivity contribution >= 4 is 23.4 Å². The van der Waals surface area contributed by atoms with E-state index in [1.165, 1.54) is 18.9 Å². The van der Waals surface area contributed by atoms with Crippen LogP contribution in [0.5, 0.6) is 11.5 Å². The highest BCUT2D eigenvalue weighted by Crippen LogP contribution is 2.40. The van der Waals surface area contributed by atoms with Crippen LogP contribution in [-0.2, 0) is 14.4 Å². The molecule has 1 unspecified atom stereocenters. The number of benzene rings is 2. The molecule has 0 aromatic heterocycles. The van der Waals surface area contributed by atoms with Gasteiger partial charge in [-0.25, -0.2) is 0 Å². The number of likely N-dealkylation sites (N-methyl/N-ethyl adjacent to an activating group) is 1. The average Bonchev–Trinajstić information content (AvgIpc) is 3.02. The third-order valence-electron chi connectivity index (χ3n) is 5.13. The summed E-state index contributed by atoms with van der Waals surface area (Å²) in [5.41, 5.74) is 0.988. The van der Waals surface area contributed by atoms with E-state index in [-0.39, 0.29) is 11.3 Å². The summed E-state index contributed by atoms with van der Waals surface area (Å²) in [4.78, 5) is 40.5. The number of carbonyl (C=O) groups excluding carboxylic acids is 3. The third-order valence-corrected chi connectivity index (χ3v) is 5.13. The Hall–Kier alpha value is -3.65. The highest BCUT2D eigenvalue weighted by atomic mass is 16.5. The van der Waals surface area contributed by atoms with Crippen LogP contribution in [0.25, 0.3) is 5.76 Å². The number of nitrogens with zero attached hydrogens (tertiary/aromatic N) is 2. The Labute approximate surface area is 186 Å². The van der Waals surface area contributed by atoms with Crippen molar-refractivity contribution in [1.82, 2.24) is 9.80 Å². The van der Waals surface area contributed by atoms with Crippen LogP contribution in [0.4, 0.5) is 0 Å². The summed E-state index contributed by atoms with van der Waals surface area (Å²) in [6, 6.07) is 12.4. The number of hydrogen-bond acceptors (Lipinski definition) is 7. The second-order valence-corrected chi connectivity index (χ2v) is 7.69. The zero-order valence-corrected chi connectivity index (χ0v) is 18.5. The van der Waals surface area contributed by atoms with Gasteiger partial charge in [0.15, 0.2) is 0 Å². The first-order valence-corrected chi connectivity index (χ1v) is 10.1. The molecule has 8 nitrogen and oxygen atoms in total. The van der Waals surface area contributed by atoms with Crippen molar-refractivity contribution in [3.63, 3.8) is 0 Å². The van der Waals surface area contributed by atoms with Gasteiger partial charge in [0.05, 0.1) is 18.7 Å². The van der Waals surface area contributed by atoms with Crippen LogP contribution in [0.3, 0.4) is 0 Å². The lowest BCUT2D eigenvalue weighted by molar-refractivity contribution is -0.140. The van der Waals surface area contributed by atoms with Gasteiger partial charge in [0.2, 0.25) is 0 Å². The molecular formula is C24H26N2O6. The van der Waals surface area contributed by atoms with Gasteiger partial charge >= 0.3 is 5.97 Å². The predicted octanol–water partition coefficient (Wildman–Crippen LogP) is 2.60. The maximum absolute atomic E-state index is 13.0. The normalized spacial score (nSPS) is 17.7. The molecule has 8 heteroatoms. The summed E-state index contributed by atoms with van der Waals surface area (Å²) < 4.78 is 10.3. The van der Waals surface area contributed by atoms with E-state index in [4.69, 9.17) is 9.47 Å². The first-order valence-electron chi connectivity index (χ1n) is 10.1. The number of carbonyl (C=O) groups is 3. The number of amides is 1. The molecule has 32 heavy (non-hydrogen) atoms. The summed E-state index contributed by atoms with van der Waals surface area (Å²) >= 11 is 0. The zero-order valence-electron chi connectivity index (χ0n) is 18.5. The Morgan fingerprint density at radius 1 is 1.09 bits per heavy atom. The van der Waals surface area contributed by atoms with Crippen molar-refractivity contribution in [3.8, 4) is 11.5 Å². The van der Waals surface area contributed by atoms with Gasteiger partial charge in [0.25, 0.3) is 11.7 Å². The minimum absolute atomic E-state index is 0.00208. The Morgan fingerprint density at radius 2 is 1.78 bits per heavy atom. The lowest BCUT2D eigenvalue weighted by atomic mass is 9.95. The SMILES string of the molecule is COc1cccc(/C(O)=C2/C(=O)C(=O)N(CCN(C)C)C2c2ccc(OC(C)=O)cc2)c1. The Bertz CT molecular complexity index is 1060. The number of rotatable bonds is 7. The van der Waals surface area contributed by atoms with E-state index in [9.17, 15) is 19.5 Å². The lowest BCUT2D eigenvalue weighted by Gasteiger charge is -2.26. The molecule has 0 bridgehead atoms. The van der Waals surface area contributed by atoms with Gasteiger partial charge in [-0.2, -0.15) is 0 Å². The van der Waals surface area contributed by atoms with E-state index < -0.39 is 23.7 Å². The van der Waals surface area contributed by atoms with E-state index in [0.29, 0.717) is 35.7 Å². The number of aliphatic hydroxyl groups excluding tert-OH is 1. The molecule has 2 aromatic carbocycles. The molecule has 168 valence electrons. The summed E-state index contributed by atoms with van der Waals surface area (Å²) in [6.07, 6.45) is 0. The maximum atomic E-state index is 13.0. The topological polar surface area (TPSA) is 96.4 Å². The van der Waals surface area contributed by atoms with Gasteiger partial charge in [-0.05, 0) is 43.9 Å². The molecule has 1 aliphatic rings. The number of hydrogen-bond donors (Lipinski definition) is 1. The van der Waals surface area contributed by atoms with E-state index >= 15 is 0 Å². The van der Waals surface area contributed by atoms with E-state index in [2.05, 4.69) is 0 Å². The quantitative estimate of drug-likeness (QED) is 0.233. The van der Waals surface area contributed by atoms with Crippen molar-refractivity contribution < 1.29 is 29.0 Å². The minimum Gasteiger partial charge on any atom is -0.507 e. The van der Waals surface area contributed by atoms with Gasteiger partial charge in [-0.1, -0.05) is 24.3 Å². The molecular weight excluding hydrogens is 412 g/mol. The first-order chi connectivity index (χ1) is 15.2. The van der Waals surface area contributed by atoms with Crippen LogP contribution in [0, 0.1) is 0 Å². The fourth-order valence-electron chi connectivity index (χ4n) is 3.57. The lowest BCUT2D eigenvalue weighted by Crippen LogP contribution is -2.35. The van der Waals surface area contributed by atoms with Crippen LogP contribution in [0.1, 0.15) is 24.1 Å². The minimum atomic E-state index is -0.785. The van der Waals surface area contributed by atoms with Gasteiger partial charge in [-0.15, -0.1) is 0 Å². The van der Waals surface area contributed by atoms with Crippen LogP contribution in [0.2, 0.25) is 0 Å². The maximum Gasteiger partial charge on any atom is 0.308 e. The number of ketones is 1. The number of likely N-dealkylation sites (tertiary alicyclic amines) is 1. The fourth-order valence-corrected chi connectivity index (χ4v) is 3.57. The Balaban J connectivity index is 2.11. The number of methoxy groups -OCH3 is 1. The second-order valence-electron chi connectivity index (χ2n) is 7.69. The molecule has 3 rings (SSSR count). The fraction of sp³-hybridized carbons (Fsp3) is 0.292. The second kappa shape index (κ2) is 9.65. The van der Waals surface area contributed by atoms with E-state index in [1.54, 1.807) is 48.5 Å². The molecule has 1 atom stereocenters. The number of Topliss-reactive ketones (excluding diaryl/α,β-unsaturated/α-hetero) is 1. The Kier molecular flexibility index (Phi) is 6.95. The Morgan fingerprint density at radius 3 is 2.38 bits per heavy atom. The third kappa shape index (κ3) is 4.81. The van der Waals surface area contributed by atoms with E-state index in [1.807, 2.05) is 19.0 Å². The first kappa shape index (κ1) is 23.0. The summed E-state index contributed by atoms with van der Waals surface area (Å²) in [7, 11) is 5.25. The summed E-state index contributed by atoms with van der Waals surface area (Å²) in [5, 5.41) is 11.1. The highest BCUT2D eigenvalue weighted by molar-refractivity contribution is 6.46. The largest absolute Gasteiger partial charge is 0.507 e. The highest BCUT2D eigenvalue weighted by Gasteiger charge is 2.45. The zero-order chi connectivity index (χ0) is 23.4. The molecule has 1 saturated heterocycles. The smallest absolute Gasteiger partial charge is 0.308 e. The molecule has 0 spiro atoms. The molecule has 0 aliphatic carbocycles. The summed E-state index contributed by atoms with van der Waals surface area (Å²) in [6.45, 7) is 2.13. The van der Waals surface area contributed by atoms with Gasteiger partial charge in [0.1, 0.15) is 17.3 Å². The van der Waals surface area contributed by atoms with Crippen LogP contribution in [-0.4, -0.2) is 66.9 Å². The molecule has 1 heterocycles. The molecule has 1 N–H and O–H groups in total. The molecule has 2 aromatic rings. The van der Waals surface area contributed by atoms with E-state index in [0.717, 1.165) is 0 Å². The van der Waals surface area contributed by atoms with Gasteiger partial charge in [-0.3, -0.25) is 14.4 Å². The van der Waals surface area contributed by atoms with Crippen LogP contribution in [0.15, 0.2) is 54.1 Å². The monoisotopic (exact) mass is 438 g/mol. The van der Waals surface area contributed by atoms with Crippen molar-refractivity contribution in [1.29, 1.82) is 0 Å². The molecule has 1 amide bonds. The summed E-state index contributed by atoms with van der Waals surface area (Å²) in [5.74, 6) is -1.29. The molecule has 0 radical (unpaired) electrons. The number of ether oxygens (including phenoxy) is 2.